The molecule has 25 heavy (non-hydrogen) atoms. The third-order valence-electron chi connectivity index (χ3n) is 4.35. The first kappa shape index (κ1) is 17.1. The van der Waals surface area contributed by atoms with Crippen molar-refractivity contribution >= 4 is 17.4 Å². The van der Waals surface area contributed by atoms with Gasteiger partial charge in [0.25, 0.3) is 0 Å². The van der Waals surface area contributed by atoms with E-state index in [0.29, 0.717) is 31.0 Å². The number of nitrogens with one attached hydrogen (secondary N) is 1. The smallest absolute Gasteiger partial charge is 0.322 e. The van der Waals surface area contributed by atoms with Crippen LogP contribution in [0.5, 0.6) is 0 Å². The summed E-state index contributed by atoms with van der Waals surface area (Å²) >= 11 is 0. The first-order valence-corrected chi connectivity index (χ1v) is 8.46. The van der Waals surface area contributed by atoms with Gasteiger partial charge in [0.15, 0.2) is 0 Å². The maximum Gasteiger partial charge on any atom is 0.322 e. The molecule has 0 aliphatic carbocycles. The molecule has 7 heteroatoms. The van der Waals surface area contributed by atoms with Crippen LogP contribution in [0.25, 0.3) is 0 Å². The first-order valence-electron chi connectivity index (χ1n) is 8.46. The number of anilines is 2. The van der Waals surface area contributed by atoms with Gasteiger partial charge in [-0.2, -0.15) is 0 Å². The highest BCUT2D eigenvalue weighted by atomic mass is 19.1. The van der Waals surface area contributed by atoms with Crippen LogP contribution in [-0.4, -0.2) is 46.6 Å². The van der Waals surface area contributed by atoms with Crippen LogP contribution in [0.4, 0.5) is 20.6 Å². The number of hydrogen-bond donors (Lipinski definition) is 1. The second-order valence-electron chi connectivity index (χ2n) is 6.11. The van der Waals surface area contributed by atoms with E-state index in [-0.39, 0.29) is 17.9 Å². The van der Waals surface area contributed by atoms with Gasteiger partial charge >= 0.3 is 6.03 Å². The number of urea groups is 1. The van der Waals surface area contributed by atoms with Crippen molar-refractivity contribution in [1.29, 1.82) is 0 Å². The highest BCUT2D eigenvalue weighted by Gasteiger charge is 2.28. The molecule has 1 saturated heterocycles. The van der Waals surface area contributed by atoms with Crippen LogP contribution in [0.15, 0.2) is 36.7 Å². The van der Waals surface area contributed by atoms with Crippen LogP contribution in [0.2, 0.25) is 0 Å². The van der Waals surface area contributed by atoms with Crippen LogP contribution in [0.3, 0.4) is 0 Å². The second kappa shape index (κ2) is 7.46. The molecule has 2 heterocycles. The molecule has 1 aliphatic rings. The van der Waals surface area contributed by atoms with Gasteiger partial charge in [-0.1, -0.05) is 19.1 Å². The van der Waals surface area contributed by atoms with Gasteiger partial charge in [-0.15, -0.1) is 0 Å². The Kier molecular flexibility index (Phi) is 5.11. The van der Waals surface area contributed by atoms with Crippen molar-refractivity contribution in [3.05, 3.63) is 48.3 Å². The van der Waals surface area contributed by atoms with E-state index in [0.717, 1.165) is 12.2 Å². The van der Waals surface area contributed by atoms with E-state index < -0.39 is 0 Å². The Hall–Kier alpha value is -2.70. The van der Waals surface area contributed by atoms with E-state index >= 15 is 0 Å². The molecule has 1 aromatic carbocycles. The van der Waals surface area contributed by atoms with Crippen molar-refractivity contribution < 1.29 is 9.18 Å². The van der Waals surface area contributed by atoms with Crippen molar-refractivity contribution in [3.8, 4) is 0 Å². The summed E-state index contributed by atoms with van der Waals surface area (Å²) in [6.45, 7) is 5.60. The largest absolute Gasteiger partial charge is 0.363 e. The molecule has 1 aromatic heterocycles. The molecular weight excluding hydrogens is 321 g/mol. The third-order valence-corrected chi connectivity index (χ3v) is 4.35. The number of carbonyl (C=O) groups is 1. The fraction of sp³-hybridized carbons (Fsp3) is 0.389. The standard InChI is InChI=1S/C18H22FN5O/c1-3-17-20-10-14(11-21-17)22-18(25)23-8-9-24(13(2)12-23)16-7-5-4-6-15(16)19/h4-7,10-11,13H,3,8-9,12H2,1-2H3,(H,22,25)/t13-/m0/s1. The molecule has 1 N–H and O–H groups in total. The van der Waals surface area contributed by atoms with Crippen LogP contribution < -0.4 is 10.2 Å². The quantitative estimate of drug-likeness (QED) is 0.931. The average molecular weight is 343 g/mol. The van der Waals surface area contributed by atoms with E-state index in [9.17, 15) is 9.18 Å². The van der Waals surface area contributed by atoms with Gasteiger partial charge in [0, 0.05) is 32.1 Å². The Labute approximate surface area is 146 Å². The zero-order chi connectivity index (χ0) is 17.8. The summed E-state index contributed by atoms with van der Waals surface area (Å²) in [5.41, 5.74) is 1.16. The number of nitrogens with zero attached hydrogens (tertiary/aromatic N) is 4. The molecule has 2 amide bonds. The van der Waals surface area contributed by atoms with Gasteiger partial charge in [0.1, 0.15) is 11.6 Å². The fourth-order valence-electron chi connectivity index (χ4n) is 2.99. The summed E-state index contributed by atoms with van der Waals surface area (Å²) in [5.74, 6) is 0.505. The van der Waals surface area contributed by atoms with Crippen molar-refractivity contribution in [2.45, 2.75) is 26.3 Å². The predicted octanol–water partition coefficient (Wildman–Crippen LogP) is 2.92. The number of aryl methyl sites for hydroxylation is 1. The number of hydrogen-bond acceptors (Lipinski definition) is 4. The number of amides is 2. The Bertz CT molecular complexity index is 737. The number of para-hydroxylation sites is 1. The van der Waals surface area contributed by atoms with E-state index in [1.54, 1.807) is 29.4 Å². The first-order chi connectivity index (χ1) is 12.1. The number of halogens is 1. The monoisotopic (exact) mass is 343 g/mol. The SMILES string of the molecule is CCc1ncc(NC(=O)N2CCN(c3ccccc3F)[C@@H](C)C2)cn1. The molecule has 1 aliphatic heterocycles. The number of carbonyl (C=O) groups excluding carboxylic acids is 1. The van der Waals surface area contributed by atoms with Crippen molar-refractivity contribution in [3.63, 3.8) is 0 Å². The minimum Gasteiger partial charge on any atom is -0.363 e. The molecule has 6 nitrogen and oxygen atoms in total. The highest BCUT2D eigenvalue weighted by Crippen LogP contribution is 2.23. The maximum absolute atomic E-state index is 14.0. The molecule has 0 saturated carbocycles. The summed E-state index contributed by atoms with van der Waals surface area (Å²) in [6.07, 6.45) is 3.98. The fourth-order valence-corrected chi connectivity index (χ4v) is 2.99. The summed E-state index contributed by atoms with van der Waals surface area (Å²) in [4.78, 5) is 24.5. The van der Waals surface area contributed by atoms with Gasteiger partial charge in [0.2, 0.25) is 0 Å². The zero-order valence-electron chi connectivity index (χ0n) is 14.4. The average Bonchev–Trinajstić information content (AvgIpc) is 2.63. The second-order valence-corrected chi connectivity index (χ2v) is 6.11. The van der Waals surface area contributed by atoms with Crippen molar-refractivity contribution in [1.82, 2.24) is 14.9 Å². The Morgan fingerprint density at radius 2 is 2.00 bits per heavy atom. The van der Waals surface area contributed by atoms with Gasteiger partial charge in [-0.3, -0.25) is 0 Å². The predicted molar refractivity (Wildman–Crippen MR) is 95.2 cm³/mol. The summed E-state index contributed by atoms with van der Waals surface area (Å²) in [7, 11) is 0. The zero-order valence-corrected chi connectivity index (χ0v) is 14.4. The minimum atomic E-state index is -0.236. The molecular formula is C18H22FN5O. The normalized spacial score (nSPS) is 17.5. The number of rotatable bonds is 3. The van der Waals surface area contributed by atoms with Crippen molar-refractivity contribution in [2.24, 2.45) is 0 Å². The van der Waals surface area contributed by atoms with Gasteiger partial charge in [0.05, 0.1) is 23.8 Å². The molecule has 0 radical (unpaired) electrons. The maximum atomic E-state index is 14.0. The highest BCUT2D eigenvalue weighted by molar-refractivity contribution is 5.89. The molecule has 1 atom stereocenters. The topological polar surface area (TPSA) is 61.4 Å². The Morgan fingerprint density at radius 1 is 1.28 bits per heavy atom. The molecule has 3 rings (SSSR count). The van der Waals surface area contributed by atoms with E-state index in [1.807, 2.05) is 24.8 Å². The molecule has 132 valence electrons. The Morgan fingerprint density at radius 3 is 2.64 bits per heavy atom. The van der Waals surface area contributed by atoms with Gasteiger partial charge in [-0.05, 0) is 19.1 Å². The minimum absolute atomic E-state index is 0.0233. The van der Waals surface area contributed by atoms with Gasteiger partial charge in [-0.25, -0.2) is 19.2 Å². The number of benzene rings is 1. The van der Waals surface area contributed by atoms with Crippen LogP contribution in [0, 0.1) is 5.82 Å². The molecule has 0 unspecified atom stereocenters. The lowest BCUT2D eigenvalue weighted by molar-refractivity contribution is 0.200. The molecule has 2 aromatic rings. The lowest BCUT2D eigenvalue weighted by atomic mass is 10.1. The summed E-state index contributed by atoms with van der Waals surface area (Å²) in [5, 5.41) is 2.82. The van der Waals surface area contributed by atoms with Crippen LogP contribution in [-0.2, 0) is 6.42 Å². The molecule has 1 fully saturated rings. The van der Waals surface area contributed by atoms with E-state index in [2.05, 4.69) is 15.3 Å². The lowest BCUT2D eigenvalue weighted by Gasteiger charge is -2.41. The van der Waals surface area contributed by atoms with E-state index in [4.69, 9.17) is 0 Å². The van der Waals surface area contributed by atoms with Crippen LogP contribution in [0.1, 0.15) is 19.7 Å². The van der Waals surface area contributed by atoms with Crippen molar-refractivity contribution in [2.75, 3.05) is 29.9 Å². The summed E-state index contributed by atoms with van der Waals surface area (Å²) < 4.78 is 14.0. The Balaban J connectivity index is 1.62. The molecule has 0 spiro atoms. The van der Waals surface area contributed by atoms with E-state index in [1.165, 1.54) is 6.07 Å². The lowest BCUT2D eigenvalue weighted by Crippen LogP contribution is -2.55. The number of piperazine rings is 1. The molecule has 0 bridgehead atoms. The van der Waals surface area contributed by atoms with Crippen LogP contribution >= 0.6 is 0 Å². The van der Waals surface area contributed by atoms with Gasteiger partial charge < -0.3 is 15.1 Å². The third kappa shape index (κ3) is 3.87. The number of aromatic nitrogens is 2. The summed E-state index contributed by atoms with van der Waals surface area (Å²) in [6, 6.07) is 6.57.